The number of sulfone groups is 2. The van der Waals surface area contributed by atoms with E-state index in [1.165, 1.54) is 0 Å². The van der Waals surface area contributed by atoms with Gasteiger partial charge in [-0.1, -0.05) is 13.8 Å². The Balaban J connectivity index is 2.41. The highest BCUT2D eigenvalue weighted by Crippen LogP contribution is 2.24. The highest BCUT2D eigenvalue weighted by Gasteiger charge is 2.29. The maximum absolute atomic E-state index is 11.5. The molecule has 0 aliphatic carbocycles. The topological polar surface area (TPSA) is 80.3 Å². The van der Waals surface area contributed by atoms with Crippen molar-refractivity contribution in [2.75, 3.05) is 29.6 Å². The van der Waals surface area contributed by atoms with E-state index in [1.807, 2.05) is 6.92 Å². The fourth-order valence-electron chi connectivity index (χ4n) is 2.75. The first-order chi connectivity index (χ1) is 9.28. The van der Waals surface area contributed by atoms with E-state index >= 15 is 0 Å². The maximum Gasteiger partial charge on any atom is 0.150 e. The second kappa shape index (κ2) is 7.75. The largest absolute Gasteiger partial charge is 0.314 e. The molecule has 0 radical (unpaired) electrons. The zero-order valence-corrected chi connectivity index (χ0v) is 14.1. The van der Waals surface area contributed by atoms with Gasteiger partial charge in [-0.15, -0.1) is 0 Å². The van der Waals surface area contributed by atoms with Crippen LogP contribution in [-0.4, -0.2) is 52.4 Å². The monoisotopic (exact) mass is 325 g/mol. The van der Waals surface area contributed by atoms with Crippen molar-refractivity contribution in [2.45, 2.75) is 45.6 Å². The Bertz CT molecular complexity index is 485. The van der Waals surface area contributed by atoms with Crippen molar-refractivity contribution >= 4 is 19.7 Å². The normalized spacial score (nSPS) is 23.8. The highest BCUT2D eigenvalue weighted by molar-refractivity contribution is 7.91. The molecule has 1 aliphatic heterocycles. The summed E-state index contributed by atoms with van der Waals surface area (Å²) < 4.78 is 45.9. The summed E-state index contributed by atoms with van der Waals surface area (Å²) in [7, 11) is -5.73. The molecule has 2 atom stereocenters. The summed E-state index contributed by atoms with van der Waals surface area (Å²) in [6, 6.07) is 0.227. The van der Waals surface area contributed by atoms with E-state index in [9.17, 15) is 16.8 Å². The maximum atomic E-state index is 11.5. The number of rotatable bonds is 9. The lowest BCUT2D eigenvalue weighted by Crippen LogP contribution is -2.32. The van der Waals surface area contributed by atoms with Gasteiger partial charge in [0.05, 0.1) is 17.3 Å². The standard InChI is InChI=1S/C13H27NO4S2/c1-3-14-13(6-5-8-19(15,16)4-2)10-12-7-9-20(17,18)11-12/h12-14H,3-11H2,1-2H3. The second-order valence-corrected chi connectivity index (χ2v) is 10.3. The van der Waals surface area contributed by atoms with Crippen LogP contribution in [0.1, 0.15) is 39.5 Å². The Kier molecular flexibility index (Phi) is 6.94. The first-order valence-electron chi connectivity index (χ1n) is 7.42. The zero-order chi connectivity index (χ0) is 15.2. The third-order valence-electron chi connectivity index (χ3n) is 3.89. The summed E-state index contributed by atoms with van der Waals surface area (Å²) in [5.41, 5.74) is 0. The van der Waals surface area contributed by atoms with Crippen molar-refractivity contribution in [1.29, 1.82) is 0 Å². The molecule has 20 heavy (non-hydrogen) atoms. The van der Waals surface area contributed by atoms with E-state index in [1.54, 1.807) is 6.92 Å². The molecule has 0 spiro atoms. The Morgan fingerprint density at radius 3 is 2.50 bits per heavy atom. The van der Waals surface area contributed by atoms with Crippen LogP contribution in [0, 0.1) is 5.92 Å². The molecule has 0 aromatic rings. The highest BCUT2D eigenvalue weighted by atomic mass is 32.2. The number of nitrogens with one attached hydrogen (secondary N) is 1. The molecule has 0 aromatic carbocycles. The van der Waals surface area contributed by atoms with Crippen molar-refractivity contribution in [3.63, 3.8) is 0 Å². The van der Waals surface area contributed by atoms with Gasteiger partial charge in [-0.2, -0.15) is 0 Å². The first-order valence-corrected chi connectivity index (χ1v) is 11.1. The van der Waals surface area contributed by atoms with Gasteiger partial charge in [-0.25, -0.2) is 16.8 Å². The SMILES string of the molecule is CCNC(CCCS(=O)(=O)CC)CC1CCS(=O)(=O)C1. The summed E-state index contributed by atoms with van der Waals surface area (Å²) in [6.07, 6.45) is 3.02. The van der Waals surface area contributed by atoms with Crippen LogP contribution in [-0.2, 0) is 19.7 Å². The lowest BCUT2D eigenvalue weighted by atomic mass is 9.96. The Morgan fingerprint density at radius 2 is 2.00 bits per heavy atom. The van der Waals surface area contributed by atoms with Crippen LogP contribution < -0.4 is 5.32 Å². The zero-order valence-electron chi connectivity index (χ0n) is 12.5. The molecule has 1 saturated heterocycles. The Hall–Kier alpha value is -0.140. The average Bonchev–Trinajstić information content (AvgIpc) is 2.69. The summed E-state index contributed by atoms with van der Waals surface area (Å²) in [6.45, 7) is 4.51. The fourth-order valence-corrected chi connectivity index (χ4v) is 5.52. The molecule has 0 saturated carbocycles. The molecular formula is C13H27NO4S2. The molecule has 7 heteroatoms. The third kappa shape index (κ3) is 6.54. The van der Waals surface area contributed by atoms with Crippen LogP contribution in [0.4, 0.5) is 0 Å². The van der Waals surface area contributed by atoms with Crippen LogP contribution in [0.5, 0.6) is 0 Å². The van der Waals surface area contributed by atoms with E-state index in [0.29, 0.717) is 17.9 Å². The summed E-state index contributed by atoms with van der Waals surface area (Å²) in [5, 5.41) is 3.35. The van der Waals surface area contributed by atoms with E-state index in [2.05, 4.69) is 5.32 Å². The van der Waals surface area contributed by atoms with Gasteiger partial charge in [-0.05, 0) is 38.1 Å². The average molecular weight is 325 g/mol. The van der Waals surface area contributed by atoms with Crippen molar-refractivity contribution in [3.8, 4) is 0 Å². The Morgan fingerprint density at radius 1 is 1.30 bits per heavy atom. The van der Waals surface area contributed by atoms with E-state index < -0.39 is 19.7 Å². The third-order valence-corrected chi connectivity index (χ3v) is 7.51. The van der Waals surface area contributed by atoms with Gasteiger partial charge in [0, 0.05) is 11.8 Å². The van der Waals surface area contributed by atoms with E-state index in [0.717, 1.165) is 25.8 Å². The van der Waals surface area contributed by atoms with Crippen LogP contribution in [0.15, 0.2) is 0 Å². The lowest BCUT2D eigenvalue weighted by Gasteiger charge is -2.20. The van der Waals surface area contributed by atoms with Gasteiger partial charge >= 0.3 is 0 Å². The van der Waals surface area contributed by atoms with Gasteiger partial charge in [0.2, 0.25) is 0 Å². The molecule has 1 aliphatic rings. The van der Waals surface area contributed by atoms with Crippen molar-refractivity contribution < 1.29 is 16.8 Å². The van der Waals surface area contributed by atoms with Gasteiger partial charge < -0.3 is 5.32 Å². The van der Waals surface area contributed by atoms with Crippen LogP contribution in [0.25, 0.3) is 0 Å². The van der Waals surface area contributed by atoms with Crippen molar-refractivity contribution in [2.24, 2.45) is 5.92 Å². The number of hydrogen-bond acceptors (Lipinski definition) is 5. The molecular weight excluding hydrogens is 298 g/mol. The minimum absolute atomic E-state index is 0.194. The molecule has 0 amide bonds. The van der Waals surface area contributed by atoms with E-state index in [4.69, 9.17) is 0 Å². The molecule has 5 nitrogen and oxygen atoms in total. The lowest BCUT2D eigenvalue weighted by molar-refractivity contribution is 0.390. The first kappa shape index (κ1) is 17.9. The van der Waals surface area contributed by atoms with Gasteiger partial charge in [0.1, 0.15) is 9.84 Å². The summed E-state index contributed by atoms with van der Waals surface area (Å²) in [4.78, 5) is 0. The molecule has 2 unspecified atom stereocenters. The fraction of sp³-hybridized carbons (Fsp3) is 1.00. The predicted octanol–water partition coefficient (Wildman–Crippen LogP) is 1.00. The molecule has 0 aromatic heterocycles. The minimum Gasteiger partial charge on any atom is -0.314 e. The quantitative estimate of drug-likeness (QED) is 0.684. The predicted molar refractivity (Wildman–Crippen MR) is 82.4 cm³/mol. The van der Waals surface area contributed by atoms with E-state index in [-0.39, 0.29) is 23.5 Å². The summed E-state index contributed by atoms with van der Waals surface area (Å²) in [5.74, 6) is 1.25. The molecule has 0 bridgehead atoms. The van der Waals surface area contributed by atoms with Crippen molar-refractivity contribution in [3.05, 3.63) is 0 Å². The second-order valence-electron chi connectivity index (χ2n) is 5.64. The van der Waals surface area contributed by atoms with Crippen molar-refractivity contribution in [1.82, 2.24) is 5.32 Å². The molecule has 1 fully saturated rings. The van der Waals surface area contributed by atoms with Crippen LogP contribution in [0.3, 0.4) is 0 Å². The molecule has 120 valence electrons. The molecule has 1 heterocycles. The molecule has 1 N–H and O–H groups in total. The van der Waals surface area contributed by atoms with Crippen LogP contribution in [0.2, 0.25) is 0 Å². The van der Waals surface area contributed by atoms with Gasteiger partial charge in [0.25, 0.3) is 0 Å². The van der Waals surface area contributed by atoms with Gasteiger partial charge in [0.15, 0.2) is 9.84 Å². The minimum atomic E-state index is -2.90. The number of hydrogen-bond donors (Lipinski definition) is 1. The van der Waals surface area contributed by atoms with Gasteiger partial charge in [-0.3, -0.25) is 0 Å². The van der Waals surface area contributed by atoms with Crippen LogP contribution >= 0.6 is 0 Å². The Labute approximate surface area is 123 Å². The smallest absolute Gasteiger partial charge is 0.150 e. The summed E-state index contributed by atoms with van der Waals surface area (Å²) >= 11 is 0. The molecule has 1 rings (SSSR count).